The number of carbonyl (C=O) groups excluding carboxylic acids is 1. The Bertz CT molecular complexity index is 1010. The van der Waals surface area contributed by atoms with E-state index in [1.807, 2.05) is 12.1 Å². The predicted molar refractivity (Wildman–Crippen MR) is 202 cm³/mol. The van der Waals surface area contributed by atoms with Crippen LogP contribution in [0, 0.1) is 0 Å². The van der Waals surface area contributed by atoms with Crippen molar-refractivity contribution in [2.24, 2.45) is 0 Å². The summed E-state index contributed by atoms with van der Waals surface area (Å²) >= 11 is 1.69. The van der Waals surface area contributed by atoms with E-state index in [0.717, 1.165) is 34.7 Å². The van der Waals surface area contributed by atoms with Gasteiger partial charge in [0.25, 0.3) is 0 Å². The zero-order chi connectivity index (χ0) is 32.9. The molecular formula is C42H69NO2S. The number of benzene rings is 2. The Morgan fingerprint density at radius 1 is 0.543 bits per heavy atom. The molecule has 0 unspecified atom stereocenters. The highest BCUT2D eigenvalue weighted by Crippen LogP contribution is 2.32. The molecule has 0 radical (unpaired) electrons. The Hall–Kier alpha value is -1.94. The fourth-order valence-electron chi connectivity index (χ4n) is 6.28. The third-order valence-corrected chi connectivity index (χ3v) is 10.1. The number of phenols is 1. The first kappa shape index (κ1) is 40.2. The number of unbranched alkanes of at least 4 members (excludes halogenated alkanes) is 23. The number of carbonyl (C=O) groups is 1. The number of rotatable bonds is 30. The number of hydrogen-bond donors (Lipinski definition) is 2. The molecule has 2 aromatic rings. The van der Waals surface area contributed by atoms with Crippen molar-refractivity contribution >= 4 is 23.4 Å². The van der Waals surface area contributed by atoms with Crippen LogP contribution in [0.4, 0.5) is 5.69 Å². The van der Waals surface area contributed by atoms with Crippen molar-refractivity contribution in [3.8, 4) is 5.75 Å². The number of aryl methyl sites for hydroxylation is 1. The second-order valence-corrected chi connectivity index (χ2v) is 14.8. The van der Waals surface area contributed by atoms with E-state index in [9.17, 15) is 9.90 Å². The summed E-state index contributed by atoms with van der Waals surface area (Å²) in [5, 5.41) is 12.9. The van der Waals surface area contributed by atoms with Crippen molar-refractivity contribution in [2.75, 3.05) is 5.32 Å². The van der Waals surface area contributed by atoms with Crippen LogP contribution in [-0.4, -0.2) is 11.0 Å². The first-order chi connectivity index (χ1) is 22.6. The minimum absolute atomic E-state index is 0.131. The molecule has 0 fully saturated rings. The molecule has 0 spiro atoms. The second kappa shape index (κ2) is 28.1. The van der Waals surface area contributed by atoms with Crippen molar-refractivity contribution in [1.29, 1.82) is 0 Å². The van der Waals surface area contributed by atoms with Gasteiger partial charge in [-0.1, -0.05) is 173 Å². The Labute approximate surface area is 288 Å². The van der Waals surface area contributed by atoms with Gasteiger partial charge in [-0.15, -0.1) is 0 Å². The van der Waals surface area contributed by atoms with Crippen LogP contribution < -0.4 is 5.32 Å². The van der Waals surface area contributed by atoms with Crippen LogP contribution in [0.3, 0.4) is 0 Å². The van der Waals surface area contributed by atoms with E-state index in [-0.39, 0.29) is 11.7 Å². The summed E-state index contributed by atoms with van der Waals surface area (Å²) in [6, 6.07) is 13.9. The van der Waals surface area contributed by atoms with Gasteiger partial charge in [0.15, 0.2) is 0 Å². The van der Waals surface area contributed by atoms with Gasteiger partial charge >= 0.3 is 0 Å². The number of nitrogens with one attached hydrogen (secondary N) is 1. The van der Waals surface area contributed by atoms with E-state index >= 15 is 0 Å². The van der Waals surface area contributed by atoms with Crippen LogP contribution in [0.2, 0.25) is 0 Å². The molecule has 0 aliphatic heterocycles. The van der Waals surface area contributed by atoms with E-state index < -0.39 is 0 Å². The van der Waals surface area contributed by atoms with Crippen LogP contribution in [0.5, 0.6) is 5.75 Å². The van der Waals surface area contributed by atoms with E-state index in [4.69, 9.17) is 0 Å². The smallest absolute Gasteiger partial charge is 0.224 e. The lowest BCUT2D eigenvalue weighted by molar-refractivity contribution is -0.116. The summed E-state index contributed by atoms with van der Waals surface area (Å²) in [4.78, 5) is 15.1. The largest absolute Gasteiger partial charge is 0.508 e. The standard InChI is InChI=1S/C42H69NO2S/c1-3-5-7-9-11-13-15-16-17-18-19-21-23-25-27-29-42(45)43-38-34-37(28-26-24-22-20-14-12-10-8-6-4-2)35-41(36-38)46-40-32-30-39(44)31-33-40/h30-36,44H,3-29H2,1-2H3,(H,43,45). The zero-order valence-electron chi connectivity index (χ0n) is 29.9. The Balaban J connectivity index is 1.67. The highest BCUT2D eigenvalue weighted by Gasteiger charge is 2.08. The van der Waals surface area contributed by atoms with Crippen LogP contribution in [0.15, 0.2) is 52.3 Å². The van der Waals surface area contributed by atoms with Crippen molar-refractivity contribution < 1.29 is 9.90 Å². The van der Waals surface area contributed by atoms with Crippen LogP contribution in [0.1, 0.15) is 186 Å². The number of aromatic hydroxyl groups is 1. The predicted octanol–water partition coefficient (Wildman–Crippen LogP) is 14.2. The number of anilines is 1. The third-order valence-electron chi connectivity index (χ3n) is 9.15. The molecule has 260 valence electrons. The van der Waals surface area contributed by atoms with Gasteiger partial charge < -0.3 is 10.4 Å². The van der Waals surface area contributed by atoms with Gasteiger partial charge in [0.2, 0.25) is 5.91 Å². The zero-order valence-corrected chi connectivity index (χ0v) is 30.7. The van der Waals surface area contributed by atoms with Gasteiger partial charge in [0.1, 0.15) is 5.75 Å². The molecule has 0 aliphatic rings. The van der Waals surface area contributed by atoms with Gasteiger partial charge in [-0.2, -0.15) is 0 Å². The van der Waals surface area contributed by atoms with Gasteiger partial charge in [-0.25, -0.2) is 0 Å². The molecule has 2 rings (SSSR count). The van der Waals surface area contributed by atoms with E-state index in [0.29, 0.717) is 6.42 Å². The molecule has 4 heteroatoms. The maximum Gasteiger partial charge on any atom is 0.224 e. The molecule has 0 aliphatic carbocycles. The topological polar surface area (TPSA) is 49.3 Å². The maximum absolute atomic E-state index is 12.9. The lowest BCUT2D eigenvalue weighted by Gasteiger charge is -2.12. The van der Waals surface area contributed by atoms with Crippen molar-refractivity contribution in [2.45, 2.75) is 197 Å². The molecule has 3 nitrogen and oxygen atoms in total. The molecule has 46 heavy (non-hydrogen) atoms. The quantitative estimate of drug-likeness (QED) is 0.0826. The summed E-state index contributed by atoms with van der Waals surface area (Å²) in [5.41, 5.74) is 2.21. The van der Waals surface area contributed by atoms with E-state index in [2.05, 4.69) is 37.4 Å². The average molecular weight is 652 g/mol. The third kappa shape index (κ3) is 21.8. The summed E-state index contributed by atoms with van der Waals surface area (Å²) in [6.45, 7) is 4.56. The fourth-order valence-corrected chi connectivity index (χ4v) is 7.22. The number of amides is 1. The summed E-state index contributed by atoms with van der Waals surface area (Å²) in [5.74, 6) is 0.414. The minimum atomic E-state index is 0.131. The van der Waals surface area contributed by atoms with Crippen molar-refractivity contribution in [3.05, 3.63) is 48.0 Å². The number of phenolic OH excluding ortho intramolecular Hbond substituents is 1. The highest BCUT2D eigenvalue weighted by molar-refractivity contribution is 7.99. The van der Waals surface area contributed by atoms with Gasteiger partial charge in [-0.3, -0.25) is 4.79 Å². The fraction of sp³-hybridized carbons (Fsp3) is 0.690. The Kier molecular flexibility index (Phi) is 24.6. The monoisotopic (exact) mass is 652 g/mol. The molecule has 0 heterocycles. The average Bonchev–Trinajstić information content (AvgIpc) is 3.05. The molecule has 0 atom stereocenters. The van der Waals surface area contributed by atoms with Gasteiger partial charge in [0, 0.05) is 21.9 Å². The minimum Gasteiger partial charge on any atom is -0.508 e. The molecule has 0 aromatic heterocycles. The SMILES string of the molecule is CCCCCCCCCCCCCCCCCC(=O)Nc1cc(CCCCCCCCCCCC)cc(Sc2ccc(O)cc2)c1. The first-order valence-corrected chi connectivity index (χ1v) is 20.3. The summed E-state index contributed by atoms with van der Waals surface area (Å²) < 4.78 is 0. The van der Waals surface area contributed by atoms with Crippen LogP contribution in [-0.2, 0) is 11.2 Å². The summed E-state index contributed by atoms with van der Waals surface area (Å²) in [6.07, 6.45) is 35.1. The van der Waals surface area contributed by atoms with E-state index in [1.54, 1.807) is 23.9 Å². The van der Waals surface area contributed by atoms with Crippen molar-refractivity contribution in [1.82, 2.24) is 0 Å². The lowest BCUT2D eigenvalue weighted by atomic mass is 10.0. The molecular weight excluding hydrogens is 583 g/mol. The normalized spacial score (nSPS) is 11.3. The van der Waals surface area contributed by atoms with E-state index in [1.165, 1.54) is 153 Å². The lowest BCUT2D eigenvalue weighted by Crippen LogP contribution is -2.11. The van der Waals surface area contributed by atoms with Crippen LogP contribution in [0.25, 0.3) is 0 Å². The highest BCUT2D eigenvalue weighted by atomic mass is 32.2. The maximum atomic E-state index is 12.9. The Morgan fingerprint density at radius 2 is 0.978 bits per heavy atom. The van der Waals surface area contributed by atoms with Gasteiger partial charge in [0.05, 0.1) is 0 Å². The first-order valence-electron chi connectivity index (χ1n) is 19.5. The molecule has 0 saturated heterocycles. The molecule has 1 amide bonds. The Morgan fingerprint density at radius 3 is 1.46 bits per heavy atom. The molecule has 0 bridgehead atoms. The van der Waals surface area contributed by atoms with Crippen molar-refractivity contribution in [3.63, 3.8) is 0 Å². The summed E-state index contributed by atoms with van der Waals surface area (Å²) in [7, 11) is 0. The number of hydrogen-bond acceptors (Lipinski definition) is 3. The molecule has 0 saturated carbocycles. The van der Waals surface area contributed by atoms with Gasteiger partial charge in [-0.05, 0) is 67.3 Å². The molecule has 2 N–H and O–H groups in total. The second-order valence-electron chi connectivity index (χ2n) is 13.6. The molecule has 2 aromatic carbocycles. The van der Waals surface area contributed by atoms with Crippen LogP contribution >= 0.6 is 11.8 Å².